The lowest BCUT2D eigenvalue weighted by molar-refractivity contribution is -0.148. The Kier molecular flexibility index (Phi) is 26.4. The third kappa shape index (κ3) is 18.8. The van der Waals surface area contributed by atoms with E-state index in [0.29, 0.717) is 24.7 Å². The number of carbonyl (C=O) groups is 7. The molecular weight excluding hydrogens is 1000 g/mol. The summed E-state index contributed by atoms with van der Waals surface area (Å²) in [5.74, 6) is -6.43. The summed E-state index contributed by atoms with van der Waals surface area (Å²) in [6, 6.07) is -6.40. The van der Waals surface area contributed by atoms with Gasteiger partial charge in [0, 0.05) is 45.4 Å². The third-order valence-corrected chi connectivity index (χ3v) is 14.9. The fraction of sp³-hybridized carbons (Fsp3) is 0.750. The van der Waals surface area contributed by atoms with Gasteiger partial charge in [-0.25, -0.2) is 0 Å². The van der Waals surface area contributed by atoms with Crippen LogP contribution in [0.15, 0.2) is 24.3 Å². The maximum absolute atomic E-state index is 14.6. The van der Waals surface area contributed by atoms with Gasteiger partial charge in [-0.1, -0.05) is 77.8 Å². The summed E-state index contributed by atoms with van der Waals surface area (Å²) in [5, 5.41) is 104. The molecule has 1 aromatic carbocycles. The molecule has 1 aromatic rings. The summed E-state index contributed by atoms with van der Waals surface area (Å²) in [4.78, 5) is 102. The number of aromatic hydroxyl groups is 1. The SMILES string of the molecule is CC[C@@H](C)C[C@@H](C)CCCCCCCCC(=O)N[C@@H]1C[C@H](O)[C@H](NCCN)NC(=O)[C@H]2[C@H](O)CCN2C(=O)[C@@H]([C@@H](O)CCN)NC(=O)[C@@H]([C@@H](O)[C@H](O)c2ccc(O)cc2)NC(=O)[C@H]2C[C@H](O)CN2C(=O)[C@@H]([C@H](C)O)NC1=O. The summed E-state index contributed by atoms with van der Waals surface area (Å²) in [6.45, 7) is 6.73. The Hall–Kier alpha value is -5.09. The Morgan fingerprint density at radius 3 is 1.97 bits per heavy atom. The van der Waals surface area contributed by atoms with E-state index in [2.05, 4.69) is 52.7 Å². The molecule has 436 valence electrons. The van der Waals surface area contributed by atoms with E-state index in [4.69, 9.17) is 11.5 Å². The molecule has 25 heteroatoms. The first-order valence-corrected chi connectivity index (χ1v) is 27.3. The van der Waals surface area contributed by atoms with Crippen molar-refractivity contribution in [2.75, 3.05) is 32.7 Å². The molecule has 16 atom stereocenters. The summed E-state index contributed by atoms with van der Waals surface area (Å²) >= 11 is 0. The predicted octanol–water partition coefficient (Wildman–Crippen LogP) is -3.31. The molecule has 0 aliphatic carbocycles. The second-order valence-electron chi connectivity index (χ2n) is 21.3. The molecule has 3 heterocycles. The van der Waals surface area contributed by atoms with Gasteiger partial charge in [0.15, 0.2) is 0 Å². The molecule has 0 saturated carbocycles. The van der Waals surface area contributed by atoms with Gasteiger partial charge in [-0.2, -0.15) is 0 Å². The monoisotopic (exact) mass is 1090 g/mol. The lowest BCUT2D eigenvalue weighted by Crippen LogP contribution is -2.65. The smallest absolute Gasteiger partial charge is 0.248 e. The first-order valence-electron chi connectivity index (χ1n) is 27.3. The second-order valence-corrected chi connectivity index (χ2v) is 21.3. The maximum Gasteiger partial charge on any atom is 0.248 e. The van der Waals surface area contributed by atoms with E-state index < -0.39 is 146 Å². The largest absolute Gasteiger partial charge is 0.508 e. The average Bonchev–Trinajstić information content (AvgIpc) is 3.99. The van der Waals surface area contributed by atoms with Gasteiger partial charge in [0.05, 0.1) is 30.5 Å². The van der Waals surface area contributed by atoms with Gasteiger partial charge in [0.2, 0.25) is 41.4 Å². The van der Waals surface area contributed by atoms with Crippen LogP contribution in [0.3, 0.4) is 0 Å². The number of nitrogens with two attached hydrogens (primary N) is 2. The topological polar surface area (TPSA) is 412 Å². The number of phenols is 1. The van der Waals surface area contributed by atoms with Crippen LogP contribution in [0.2, 0.25) is 0 Å². The van der Waals surface area contributed by atoms with Crippen molar-refractivity contribution >= 4 is 41.4 Å². The molecule has 0 radical (unpaired) electrons. The van der Waals surface area contributed by atoms with Gasteiger partial charge in [0.1, 0.15) is 60.4 Å². The van der Waals surface area contributed by atoms with Crippen molar-refractivity contribution in [1.29, 1.82) is 0 Å². The van der Waals surface area contributed by atoms with E-state index in [9.17, 15) is 74.4 Å². The van der Waals surface area contributed by atoms with Crippen molar-refractivity contribution < 1.29 is 74.4 Å². The molecule has 7 amide bonds. The van der Waals surface area contributed by atoms with E-state index in [-0.39, 0.29) is 56.8 Å². The molecule has 18 N–H and O–H groups in total. The number of aliphatic hydroxyl groups excluding tert-OH is 7. The van der Waals surface area contributed by atoms with Gasteiger partial charge in [-0.3, -0.25) is 38.9 Å². The summed E-state index contributed by atoms with van der Waals surface area (Å²) in [5.41, 5.74) is 11.5. The minimum absolute atomic E-state index is 0.0257. The molecule has 0 aromatic heterocycles. The Labute approximate surface area is 450 Å². The van der Waals surface area contributed by atoms with Crippen molar-refractivity contribution in [2.45, 2.75) is 203 Å². The molecule has 3 fully saturated rings. The van der Waals surface area contributed by atoms with E-state index in [0.717, 1.165) is 55.2 Å². The van der Waals surface area contributed by atoms with Crippen LogP contribution in [0.5, 0.6) is 5.75 Å². The van der Waals surface area contributed by atoms with Crippen LogP contribution in [-0.2, 0) is 33.6 Å². The molecule has 3 aliphatic rings. The molecule has 3 saturated heterocycles. The number of nitrogens with zero attached hydrogens (tertiary/aromatic N) is 2. The van der Waals surface area contributed by atoms with Crippen LogP contribution >= 0.6 is 0 Å². The number of carbonyl (C=O) groups excluding carboxylic acids is 7. The first-order chi connectivity index (χ1) is 36.5. The minimum atomic E-state index is -2.28. The van der Waals surface area contributed by atoms with E-state index >= 15 is 0 Å². The first kappa shape index (κ1) is 64.4. The van der Waals surface area contributed by atoms with Gasteiger partial charge in [-0.15, -0.1) is 0 Å². The number of fused-ring (bicyclic) bond motifs is 2. The van der Waals surface area contributed by atoms with Crippen LogP contribution in [0.1, 0.15) is 129 Å². The van der Waals surface area contributed by atoms with Crippen molar-refractivity contribution in [3.05, 3.63) is 29.8 Å². The molecule has 3 aliphatic heterocycles. The van der Waals surface area contributed by atoms with Gasteiger partial charge in [-0.05, 0) is 68.7 Å². The van der Waals surface area contributed by atoms with Crippen molar-refractivity contribution in [3.8, 4) is 5.75 Å². The lowest BCUT2D eigenvalue weighted by Gasteiger charge is -2.35. The predicted molar refractivity (Wildman–Crippen MR) is 280 cm³/mol. The zero-order chi connectivity index (χ0) is 57.1. The van der Waals surface area contributed by atoms with Crippen LogP contribution in [0, 0.1) is 11.8 Å². The number of nitrogens with one attached hydrogen (secondary N) is 6. The molecular formula is C52H88N10O15. The van der Waals surface area contributed by atoms with Gasteiger partial charge < -0.3 is 88.7 Å². The summed E-state index contributed by atoms with van der Waals surface area (Å²) in [7, 11) is 0. The molecule has 4 rings (SSSR count). The van der Waals surface area contributed by atoms with Crippen molar-refractivity contribution in [1.82, 2.24) is 41.7 Å². The maximum atomic E-state index is 14.6. The molecule has 77 heavy (non-hydrogen) atoms. The molecule has 25 nitrogen and oxygen atoms in total. The Morgan fingerprint density at radius 1 is 0.714 bits per heavy atom. The average molecular weight is 1090 g/mol. The van der Waals surface area contributed by atoms with Crippen molar-refractivity contribution in [2.24, 2.45) is 23.3 Å². The van der Waals surface area contributed by atoms with E-state index in [1.165, 1.54) is 30.7 Å². The number of hydrogen-bond acceptors (Lipinski definition) is 18. The molecule has 0 bridgehead atoms. The molecule has 0 unspecified atom stereocenters. The fourth-order valence-corrected chi connectivity index (χ4v) is 10.2. The standard InChI is InChI=1S/C52H88N10O15/c1-5-28(2)24-29(3)12-10-8-6-7-9-11-13-39(69)56-34-26-38(68)46(55-22-21-54)60-50(75)43-37(67)19-23-61(43)52(77)41(36(66)18-20-53)58-49(74)42(45(71)44(70)31-14-16-32(64)17-15-31)59-48(73)35-25-33(65)27-62(35)51(76)40(30(4)63)57-47(34)72/h14-17,28-30,33-38,40-46,55,63-68,70-71H,5-13,18-27,53-54H2,1-4H3,(H,56,69)(H,57,72)(H,58,74)(H,59,73)(H,60,75)/t28-,29+,30+,33+,34-,35-,36+,37-,38+,40-,41-,42-,43-,44-,45-,46-/m1/s1. The number of benzene rings is 1. The fourth-order valence-electron chi connectivity index (χ4n) is 10.2. The van der Waals surface area contributed by atoms with E-state index in [1.54, 1.807) is 0 Å². The van der Waals surface area contributed by atoms with Crippen LogP contribution in [0.4, 0.5) is 0 Å². The van der Waals surface area contributed by atoms with Crippen LogP contribution in [-0.4, -0.2) is 204 Å². The Balaban J connectivity index is 1.73. The highest BCUT2D eigenvalue weighted by Crippen LogP contribution is 2.27. The highest BCUT2D eigenvalue weighted by molar-refractivity contribution is 5.98. The molecule has 0 spiro atoms. The van der Waals surface area contributed by atoms with Crippen LogP contribution in [0.25, 0.3) is 0 Å². The lowest BCUT2D eigenvalue weighted by atomic mass is 9.91. The zero-order valence-electron chi connectivity index (χ0n) is 45.0. The quantitative estimate of drug-likeness (QED) is 0.0477. The Bertz CT molecular complexity index is 2070. The highest BCUT2D eigenvalue weighted by atomic mass is 16.3. The second kappa shape index (κ2) is 31.5. The highest BCUT2D eigenvalue weighted by Gasteiger charge is 2.49. The van der Waals surface area contributed by atoms with Crippen molar-refractivity contribution in [3.63, 3.8) is 0 Å². The summed E-state index contributed by atoms with van der Waals surface area (Å²) < 4.78 is 0. The van der Waals surface area contributed by atoms with Gasteiger partial charge >= 0.3 is 0 Å². The van der Waals surface area contributed by atoms with Gasteiger partial charge in [0.25, 0.3) is 0 Å². The number of phenolic OH excluding ortho intramolecular Hbond substituents is 1. The zero-order valence-corrected chi connectivity index (χ0v) is 45.0. The minimum Gasteiger partial charge on any atom is -0.508 e. The van der Waals surface area contributed by atoms with Crippen LogP contribution < -0.4 is 43.4 Å². The number of rotatable bonds is 23. The number of amides is 7. The summed E-state index contributed by atoms with van der Waals surface area (Å²) in [6.07, 6.45) is -6.95. The Morgan fingerprint density at radius 2 is 1.34 bits per heavy atom. The normalized spacial score (nSPS) is 28.6. The van der Waals surface area contributed by atoms with E-state index in [1.807, 2.05) is 0 Å². The number of hydrogen-bond donors (Lipinski definition) is 16. The third-order valence-electron chi connectivity index (χ3n) is 14.9. The number of unbranched alkanes of at least 4 members (excludes halogenated alkanes) is 5. The number of aliphatic hydroxyl groups is 7.